The Morgan fingerprint density at radius 1 is 1.58 bits per heavy atom. The molecule has 0 aliphatic carbocycles. The fraction of sp³-hybridized carbons (Fsp3) is 0.500. The second kappa shape index (κ2) is 5.81. The Kier molecular flexibility index (Phi) is 4.54. The molecule has 0 saturated carbocycles. The van der Waals surface area contributed by atoms with Gasteiger partial charge < -0.3 is 9.64 Å². The van der Waals surface area contributed by atoms with Gasteiger partial charge in [0.1, 0.15) is 0 Å². The number of hydrogen-bond donors (Lipinski definition) is 0. The monoisotopic (exact) mass is 345 g/mol. The van der Waals surface area contributed by atoms with E-state index in [9.17, 15) is 4.79 Å². The van der Waals surface area contributed by atoms with Crippen LogP contribution in [0.4, 0.5) is 0 Å². The van der Waals surface area contributed by atoms with Crippen molar-refractivity contribution in [1.29, 1.82) is 0 Å². The molecule has 1 fully saturated rings. The number of alkyl halides is 1. The van der Waals surface area contributed by atoms with E-state index in [1.807, 2.05) is 18.7 Å². The molecule has 1 atom stereocenters. The maximum Gasteiger partial charge on any atom is 0.254 e. The molecule has 2 rings (SSSR count). The van der Waals surface area contributed by atoms with Gasteiger partial charge >= 0.3 is 0 Å². The van der Waals surface area contributed by atoms with Crippen LogP contribution in [0.2, 0.25) is 5.02 Å². The summed E-state index contributed by atoms with van der Waals surface area (Å²) in [5.74, 6) is 0.00447. The predicted octanol–water partition coefficient (Wildman–Crippen LogP) is 3.35. The molecule has 1 saturated heterocycles. The maximum absolute atomic E-state index is 12.5. The van der Waals surface area contributed by atoms with Crippen LogP contribution in [-0.4, -0.2) is 40.9 Å². The van der Waals surface area contributed by atoms with Gasteiger partial charge in [0.25, 0.3) is 5.91 Å². The first kappa shape index (κ1) is 14.8. The van der Waals surface area contributed by atoms with E-state index in [2.05, 4.69) is 15.9 Å². The first-order valence-corrected chi connectivity index (χ1v) is 7.70. The highest BCUT2D eigenvalue weighted by Gasteiger charge is 2.35. The number of rotatable bonds is 2. The summed E-state index contributed by atoms with van der Waals surface area (Å²) in [6.07, 6.45) is 0.0203. The van der Waals surface area contributed by atoms with Crippen molar-refractivity contribution in [3.63, 3.8) is 0 Å². The van der Waals surface area contributed by atoms with Crippen molar-refractivity contribution >= 4 is 33.4 Å². The van der Waals surface area contributed by atoms with Crippen molar-refractivity contribution in [3.05, 3.63) is 34.9 Å². The SMILES string of the molecule is CC1(C)CN(C(=O)c2cccc(Cl)c2)CC(CBr)O1. The Balaban J connectivity index is 2.18. The second-order valence-corrected chi connectivity index (χ2v) is 6.43. The highest BCUT2D eigenvalue weighted by atomic mass is 79.9. The van der Waals surface area contributed by atoms with E-state index in [-0.39, 0.29) is 17.6 Å². The minimum absolute atomic E-state index is 0.00447. The lowest BCUT2D eigenvalue weighted by Gasteiger charge is -2.42. The van der Waals surface area contributed by atoms with Crippen LogP contribution in [0.5, 0.6) is 0 Å². The van der Waals surface area contributed by atoms with Crippen molar-refractivity contribution in [1.82, 2.24) is 4.90 Å². The number of hydrogen-bond acceptors (Lipinski definition) is 2. The van der Waals surface area contributed by atoms with Gasteiger partial charge in [0.15, 0.2) is 0 Å². The van der Waals surface area contributed by atoms with Gasteiger partial charge in [-0.2, -0.15) is 0 Å². The molecule has 1 amide bonds. The van der Waals surface area contributed by atoms with Gasteiger partial charge in [-0.25, -0.2) is 0 Å². The van der Waals surface area contributed by atoms with Crippen LogP contribution in [0.3, 0.4) is 0 Å². The van der Waals surface area contributed by atoms with Crippen LogP contribution in [0, 0.1) is 0 Å². The van der Waals surface area contributed by atoms with Crippen molar-refractivity contribution < 1.29 is 9.53 Å². The van der Waals surface area contributed by atoms with Crippen LogP contribution >= 0.6 is 27.5 Å². The number of morpholine rings is 1. The second-order valence-electron chi connectivity index (χ2n) is 5.35. The number of halogens is 2. The summed E-state index contributed by atoms with van der Waals surface area (Å²) in [6, 6.07) is 7.06. The Morgan fingerprint density at radius 3 is 2.95 bits per heavy atom. The van der Waals surface area contributed by atoms with E-state index in [4.69, 9.17) is 16.3 Å². The number of carbonyl (C=O) groups excluding carboxylic acids is 1. The van der Waals surface area contributed by atoms with Crippen LogP contribution in [0.1, 0.15) is 24.2 Å². The molecule has 5 heteroatoms. The van der Waals surface area contributed by atoms with E-state index in [1.54, 1.807) is 24.3 Å². The average Bonchev–Trinajstić information content (AvgIpc) is 2.36. The topological polar surface area (TPSA) is 29.5 Å². The quantitative estimate of drug-likeness (QED) is 0.769. The largest absolute Gasteiger partial charge is 0.368 e. The molecule has 104 valence electrons. The fourth-order valence-corrected chi connectivity index (χ4v) is 2.86. The molecule has 1 aliphatic rings. The van der Waals surface area contributed by atoms with Crippen molar-refractivity contribution in [2.24, 2.45) is 0 Å². The molecule has 0 radical (unpaired) electrons. The Morgan fingerprint density at radius 2 is 2.32 bits per heavy atom. The number of carbonyl (C=O) groups is 1. The zero-order valence-corrected chi connectivity index (χ0v) is 13.4. The first-order chi connectivity index (χ1) is 8.91. The highest BCUT2D eigenvalue weighted by Crippen LogP contribution is 2.24. The predicted molar refractivity (Wildman–Crippen MR) is 80.1 cm³/mol. The number of nitrogens with zero attached hydrogens (tertiary/aromatic N) is 1. The molecule has 1 aromatic carbocycles. The molecule has 1 unspecified atom stereocenters. The van der Waals surface area contributed by atoms with E-state index < -0.39 is 0 Å². The molecular formula is C14H17BrClNO2. The normalized spacial score (nSPS) is 22.3. The third-order valence-corrected chi connectivity index (χ3v) is 3.97. The third kappa shape index (κ3) is 3.71. The summed E-state index contributed by atoms with van der Waals surface area (Å²) in [5.41, 5.74) is 0.295. The number of amides is 1. The molecule has 1 aliphatic heterocycles. The molecule has 1 aromatic rings. The Bertz CT molecular complexity index is 478. The number of benzene rings is 1. The molecular weight excluding hydrogens is 330 g/mol. The van der Waals surface area contributed by atoms with E-state index in [0.29, 0.717) is 23.7 Å². The van der Waals surface area contributed by atoms with Crippen LogP contribution in [0.15, 0.2) is 24.3 Å². The highest BCUT2D eigenvalue weighted by molar-refractivity contribution is 9.09. The van der Waals surface area contributed by atoms with Gasteiger partial charge in [-0.05, 0) is 32.0 Å². The summed E-state index contributed by atoms with van der Waals surface area (Å²) in [5, 5.41) is 1.30. The Hall–Kier alpha value is -0.580. The van der Waals surface area contributed by atoms with Gasteiger partial charge in [-0.15, -0.1) is 0 Å². The Labute approximate surface area is 127 Å². The van der Waals surface area contributed by atoms with Crippen LogP contribution in [0.25, 0.3) is 0 Å². The van der Waals surface area contributed by atoms with Gasteiger partial charge in [-0.1, -0.05) is 33.6 Å². The van der Waals surface area contributed by atoms with Crippen molar-refractivity contribution in [2.45, 2.75) is 25.6 Å². The zero-order valence-electron chi connectivity index (χ0n) is 11.0. The minimum Gasteiger partial charge on any atom is -0.368 e. The van der Waals surface area contributed by atoms with Gasteiger partial charge in [0.2, 0.25) is 0 Å². The fourth-order valence-electron chi connectivity index (χ4n) is 2.33. The molecule has 0 aromatic heterocycles. The lowest BCUT2D eigenvalue weighted by molar-refractivity contribution is -0.116. The van der Waals surface area contributed by atoms with E-state index >= 15 is 0 Å². The third-order valence-electron chi connectivity index (χ3n) is 3.01. The average molecular weight is 347 g/mol. The lowest BCUT2D eigenvalue weighted by Crippen LogP contribution is -2.55. The summed E-state index contributed by atoms with van der Waals surface area (Å²) < 4.78 is 5.90. The molecule has 0 bridgehead atoms. The van der Waals surface area contributed by atoms with Crippen LogP contribution < -0.4 is 0 Å². The van der Waals surface area contributed by atoms with Crippen LogP contribution in [-0.2, 0) is 4.74 Å². The lowest BCUT2D eigenvalue weighted by atomic mass is 10.0. The molecule has 19 heavy (non-hydrogen) atoms. The minimum atomic E-state index is -0.328. The van der Waals surface area contributed by atoms with Crippen molar-refractivity contribution in [2.75, 3.05) is 18.4 Å². The summed E-state index contributed by atoms with van der Waals surface area (Å²) >= 11 is 9.36. The van der Waals surface area contributed by atoms with E-state index in [0.717, 1.165) is 5.33 Å². The molecule has 0 spiro atoms. The molecule has 0 N–H and O–H groups in total. The molecule has 3 nitrogen and oxygen atoms in total. The first-order valence-electron chi connectivity index (χ1n) is 6.20. The van der Waals surface area contributed by atoms with Gasteiger partial charge in [0, 0.05) is 29.0 Å². The summed E-state index contributed by atoms with van der Waals surface area (Å²) in [6.45, 7) is 5.18. The van der Waals surface area contributed by atoms with Gasteiger partial charge in [0.05, 0.1) is 11.7 Å². The standard InChI is InChI=1S/C14H17BrClNO2/c1-14(2)9-17(8-12(7-15)19-14)13(18)10-4-3-5-11(16)6-10/h3-6,12H,7-9H2,1-2H3. The van der Waals surface area contributed by atoms with E-state index in [1.165, 1.54) is 0 Å². The van der Waals surface area contributed by atoms with Crippen molar-refractivity contribution in [3.8, 4) is 0 Å². The maximum atomic E-state index is 12.5. The zero-order chi connectivity index (χ0) is 14.0. The summed E-state index contributed by atoms with van der Waals surface area (Å²) in [4.78, 5) is 14.3. The summed E-state index contributed by atoms with van der Waals surface area (Å²) in [7, 11) is 0. The van der Waals surface area contributed by atoms with Gasteiger partial charge in [-0.3, -0.25) is 4.79 Å². The molecule has 1 heterocycles. The number of ether oxygens (including phenoxy) is 1. The smallest absolute Gasteiger partial charge is 0.254 e.